The minimum absolute atomic E-state index is 0.0222. The van der Waals surface area contributed by atoms with Gasteiger partial charge in [0.1, 0.15) is 0 Å². The van der Waals surface area contributed by atoms with E-state index in [9.17, 15) is 9.59 Å². The van der Waals surface area contributed by atoms with Gasteiger partial charge in [-0.25, -0.2) is 4.98 Å². The van der Waals surface area contributed by atoms with E-state index >= 15 is 0 Å². The number of aromatic nitrogens is 2. The van der Waals surface area contributed by atoms with E-state index in [1.165, 1.54) is 4.90 Å². The molecular weight excluding hydrogens is 308 g/mol. The van der Waals surface area contributed by atoms with Gasteiger partial charge in [0, 0.05) is 18.8 Å². The highest BCUT2D eigenvalue weighted by molar-refractivity contribution is 6.06. The molecule has 0 spiro atoms. The molecular formula is C17H24N4O3. The average Bonchev–Trinajstić information content (AvgIpc) is 2.92. The van der Waals surface area contributed by atoms with Gasteiger partial charge in [-0.1, -0.05) is 19.0 Å². The number of rotatable bonds is 6. The highest BCUT2D eigenvalue weighted by Crippen LogP contribution is 2.26. The lowest BCUT2D eigenvalue weighted by Crippen LogP contribution is -2.40. The Hall–Kier alpha value is -2.44. The topological polar surface area (TPSA) is 88.3 Å². The van der Waals surface area contributed by atoms with Crippen molar-refractivity contribution >= 4 is 22.9 Å². The molecule has 0 radical (unpaired) electrons. The SMILES string of the molecule is CCNC(=O)CN(CC)C(=O)c1cc(C(C)C)nc2onc(C)c12. The van der Waals surface area contributed by atoms with Crippen LogP contribution in [0.4, 0.5) is 0 Å². The average molecular weight is 332 g/mol. The summed E-state index contributed by atoms with van der Waals surface area (Å²) in [6.07, 6.45) is 0. The number of likely N-dealkylation sites (N-methyl/N-ethyl adjacent to an activating group) is 2. The van der Waals surface area contributed by atoms with Gasteiger partial charge in [-0.15, -0.1) is 0 Å². The van der Waals surface area contributed by atoms with Gasteiger partial charge in [0.2, 0.25) is 5.91 Å². The number of hydrogen-bond donors (Lipinski definition) is 1. The molecule has 0 bridgehead atoms. The standard InChI is InChI=1S/C17H24N4O3/c1-6-18-14(22)9-21(7-2)17(23)12-8-13(10(3)4)19-16-15(12)11(5)20-24-16/h8,10H,6-7,9H2,1-5H3,(H,18,22). The van der Waals surface area contributed by atoms with Crippen molar-refractivity contribution in [2.24, 2.45) is 0 Å². The van der Waals surface area contributed by atoms with E-state index in [1.54, 1.807) is 13.0 Å². The Kier molecular flexibility index (Phi) is 5.54. The van der Waals surface area contributed by atoms with Crippen LogP contribution in [0.3, 0.4) is 0 Å². The summed E-state index contributed by atoms with van der Waals surface area (Å²) in [6.45, 7) is 10.5. The maximum atomic E-state index is 13.0. The van der Waals surface area contributed by atoms with E-state index < -0.39 is 0 Å². The summed E-state index contributed by atoms with van der Waals surface area (Å²) in [6, 6.07) is 1.78. The summed E-state index contributed by atoms with van der Waals surface area (Å²) in [4.78, 5) is 30.8. The van der Waals surface area contributed by atoms with E-state index in [0.717, 1.165) is 5.69 Å². The number of aryl methyl sites for hydroxylation is 1. The van der Waals surface area contributed by atoms with Crippen LogP contribution in [0.25, 0.3) is 11.1 Å². The van der Waals surface area contributed by atoms with Gasteiger partial charge in [-0.05, 0) is 32.8 Å². The minimum atomic E-state index is -0.218. The molecule has 2 aromatic heterocycles. The van der Waals surface area contributed by atoms with Crippen LogP contribution < -0.4 is 5.32 Å². The predicted octanol–water partition coefficient (Wildman–Crippen LogP) is 2.25. The van der Waals surface area contributed by atoms with Crippen molar-refractivity contribution in [3.05, 3.63) is 23.0 Å². The number of amides is 2. The lowest BCUT2D eigenvalue weighted by molar-refractivity contribution is -0.121. The van der Waals surface area contributed by atoms with Gasteiger partial charge in [-0.2, -0.15) is 0 Å². The molecule has 0 saturated heterocycles. The van der Waals surface area contributed by atoms with Crippen molar-refractivity contribution in [3.63, 3.8) is 0 Å². The van der Waals surface area contributed by atoms with Crippen molar-refractivity contribution in [1.82, 2.24) is 20.4 Å². The van der Waals surface area contributed by atoms with Crippen molar-refractivity contribution in [1.29, 1.82) is 0 Å². The van der Waals surface area contributed by atoms with Gasteiger partial charge in [0.25, 0.3) is 11.6 Å². The summed E-state index contributed by atoms with van der Waals surface area (Å²) in [5.74, 6) is -0.252. The number of nitrogens with zero attached hydrogens (tertiary/aromatic N) is 3. The number of nitrogens with one attached hydrogen (secondary N) is 1. The number of pyridine rings is 1. The maximum absolute atomic E-state index is 13.0. The fourth-order valence-electron chi connectivity index (χ4n) is 2.50. The molecule has 2 rings (SSSR count). The van der Waals surface area contributed by atoms with E-state index in [1.807, 2.05) is 27.7 Å². The molecule has 0 fully saturated rings. The van der Waals surface area contributed by atoms with Gasteiger partial charge < -0.3 is 14.7 Å². The first kappa shape index (κ1) is 17.9. The molecule has 0 aliphatic rings. The van der Waals surface area contributed by atoms with Crippen LogP contribution in [-0.2, 0) is 4.79 Å². The van der Waals surface area contributed by atoms with Crippen molar-refractivity contribution < 1.29 is 14.1 Å². The summed E-state index contributed by atoms with van der Waals surface area (Å²) in [5, 5.41) is 7.25. The zero-order valence-corrected chi connectivity index (χ0v) is 14.8. The van der Waals surface area contributed by atoms with Gasteiger partial charge in [0.15, 0.2) is 0 Å². The van der Waals surface area contributed by atoms with E-state index in [0.29, 0.717) is 35.4 Å². The van der Waals surface area contributed by atoms with Crippen LogP contribution in [-0.4, -0.2) is 46.5 Å². The van der Waals surface area contributed by atoms with Crippen LogP contribution in [0.1, 0.15) is 55.4 Å². The highest BCUT2D eigenvalue weighted by Gasteiger charge is 2.24. The van der Waals surface area contributed by atoms with Gasteiger partial charge in [0.05, 0.1) is 23.2 Å². The second-order valence-electron chi connectivity index (χ2n) is 5.97. The predicted molar refractivity (Wildman–Crippen MR) is 90.9 cm³/mol. The molecule has 7 heteroatoms. The molecule has 2 amide bonds. The Labute approximate surface area is 141 Å². The van der Waals surface area contributed by atoms with E-state index in [4.69, 9.17) is 4.52 Å². The number of hydrogen-bond acceptors (Lipinski definition) is 5. The zero-order chi connectivity index (χ0) is 17.9. The molecule has 0 aromatic carbocycles. The number of fused-ring (bicyclic) bond motifs is 1. The van der Waals surface area contributed by atoms with Gasteiger partial charge >= 0.3 is 0 Å². The van der Waals surface area contributed by atoms with Crippen LogP contribution >= 0.6 is 0 Å². The normalized spacial score (nSPS) is 11.1. The Balaban J connectivity index is 2.46. The third-order valence-corrected chi connectivity index (χ3v) is 3.84. The van der Waals surface area contributed by atoms with Crippen LogP contribution in [0.2, 0.25) is 0 Å². The minimum Gasteiger partial charge on any atom is -0.355 e. The van der Waals surface area contributed by atoms with E-state index in [-0.39, 0.29) is 24.3 Å². The van der Waals surface area contributed by atoms with Crippen LogP contribution in [0, 0.1) is 6.92 Å². The molecule has 24 heavy (non-hydrogen) atoms. The third kappa shape index (κ3) is 3.55. The molecule has 0 aliphatic carbocycles. The first-order chi connectivity index (χ1) is 11.4. The Morgan fingerprint density at radius 2 is 2.04 bits per heavy atom. The summed E-state index contributed by atoms with van der Waals surface area (Å²) >= 11 is 0. The highest BCUT2D eigenvalue weighted by atomic mass is 16.5. The zero-order valence-electron chi connectivity index (χ0n) is 14.8. The Morgan fingerprint density at radius 1 is 1.33 bits per heavy atom. The fourth-order valence-corrected chi connectivity index (χ4v) is 2.50. The third-order valence-electron chi connectivity index (χ3n) is 3.84. The van der Waals surface area contributed by atoms with Gasteiger partial charge in [-0.3, -0.25) is 9.59 Å². The lowest BCUT2D eigenvalue weighted by Gasteiger charge is -2.21. The quantitative estimate of drug-likeness (QED) is 0.876. The van der Waals surface area contributed by atoms with Crippen molar-refractivity contribution in [2.45, 2.75) is 40.5 Å². The van der Waals surface area contributed by atoms with E-state index in [2.05, 4.69) is 15.5 Å². The molecule has 7 nitrogen and oxygen atoms in total. The summed E-state index contributed by atoms with van der Waals surface area (Å²) < 4.78 is 5.25. The smallest absolute Gasteiger partial charge is 0.259 e. The van der Waals surface area contributed by atoms with Crippen LogP contribution in [0.15, 0.2) is 10.6 Å². The molecule has 2 aromatic rings. The Bertz CT molecular complexity index is 752. The molecule has 0 saturated carbocycles. The number of carbonyl (C=O) groups excluding carboxylic acids is 2. The Morgan fingerprint density at radius 3 is 2.62 bits per heavy atom. The molecule has 130 valence electrons. The molecule has 0 unspecified atom stereocenters. The first-order valence-corrected chi connectivity index (χ1v) is 8.21. The second-order valence-corrected chi connectivity index (χ2v) is 5.97. The molecule has 2 heterocycles. The first-order valence-electron chi connectivity index (χ1n) is 8.21. The monoisotopic (exact) mass is 332 g/mol. The maximum Gasteiger partial charge on any atom is 0.259 e. The number of carbonyl (C=O) groups is 2. The molecule has 0 aliphatic heterocycles. The summed E-state index contributed by atoms with van der Waals surface area (Å²) in [7, 11) is 0. The summed E-state index contributed by atoms with van der Waals surface area (Å²) in [5.41, 5.74) is 2.21. The van der Waals surface area contributed by atoms with Crippen molar-refractivity contribution in [2.75, 3.05) is 19.6 Å². The molecule has 0 atom stereocenters. The molecule has 1 N–H and O–H groups in total. The lowest BCUT2D eigenvalue weighted by atomic mass is 10.0. The van der Waals surface area contributed by atoms with Crippen LogP contribution in [0.5, 0.6) is 0 Å². The van der Waals surface area contributed by atoms with Crippen molar-refractivity contribution in [3.8, 4) is 0 Å². The fraction of sp³-hybridized carbons (Fsp3) is 0.529. The largest absolute Gasteiger partial charge is 0.355 e. The second kappa shape index (κ2) is 7.42.